The minimum Gasteiger partial charge on any atom is -0.497 e. The zero-order valence-corrected chi connectivity index (χ0v) is 16.1. The molecule has 1 amide bonds. The Morgan fingerprint density at radius 2 is 1.96 bits per heavy atom. The topological polar surface area (TPSA) is 32.8 Å². The Labute approximate surface area is 159 Å². The summed E-state index contributed by atoms with van der Waals surface area (Å²) in [5.41, 5.74) is 1.64. The number of amides is 1. The van der Waals surface area contributed by atoms with Crippen molar-refractivity contribution in [3.63, 3.8) is 0 Å². The normalized spacial score (nSPS) is 19.8. The molecule has 2 aliphatic rings. The average Bonchev–Trinajstić information content (AvgIpc) is 3.34. The third-order valence-corrected chi connectivity index (χ3v) is 6.77. The predicted molar refractivity (Wildman–Crippen MR) is 105 cm³/mol. The third-order valence-electron chi connectivity index (χ3n) is 5.91. The molecule has 2 aromatic rings. The summed E-state index contributed by atoms with van der Waals surface area (Å²) in [6, 6.07) is 12.2. The van der Waals surface area contributed by atoms with Crippen LogP contribution in [-0.4, -0.2) is 49.0 Å². The number of piperidine rings is 1. The van der Waals surface area contributed by atoms with Crippen LogP contribution in [0.25, 0.3) is 0 Å². The number of ether oxygens (including phenoxy) is 1. The predicted octanol–water partition coefficient (Wildman–Crippen LogP) is 3.89. The van der Waals surface area contributed by atoms with Crippen LogP contribution < -0.4 is 4.74 Å². The molecular formula is C21H26N2O2S. The Balaban J connectivity index is 1.32. The monoisotopic (exact) mass is 370 g/mol. The van der Waals surface area contributed by atoms with Crippen molar-refractivity contribution in [2.75, 3.05) is 33.3 Å². The first-order chi connectivity index (χ1) is 12.7. The number of carbonyl (C=O) groups excluding carboxylic acids is 1. The highest BCUT2D eigenvalue weighted by Crippen LogP contribution is 2.41. The molecule has 0 N–H and O–H groups in total. The Morgan fingerprint density at radius 3 is 2.69 bits per heavy atom. The van der Waals surface area contributed by atoms with Crippen LogP contribution in [0.4, 0.5) is 0 Å². The van der Waals surface area contributed by atoms with E-state index in [-0.39, 0.29) is 5.91 Å². The van der Waals surface area contributed by atoms with Crippen molar-refractivity contribution in [1.82, 2.24) is 9.80 Å². The maximum Gasteiger partial charge on any atom is 0.263 e. The molecule has 2 fully saturated rings. The van der Waals surface area contributed by atoms with E-state index in [1.165, 1.54) is 18.4 Å². The fraction of sp³-hybridized carbons (Fsp3) is 0.476. The standard InChI is InChI=1S/C21H26N2O2S/c1-25-18-5-2-4-17(14-18)15-22-10-7-21(8-11-22)9-12-23(16-21)20(24)19-6-3-13-26-19/h2-6,13-14H,7-12,15-16H2,1H3. The number of benzene rings is 1. The van der Waals surface area contributed by atoms with Crippen LogP contribution in [0.1, 0.15) is 34.5 Å². The maximum absolute atomic E-state index is 12.6. The lowest BCUT2D eigenvalue weighted by atomic mass is 9.77. The van der Waals surface area contributed by atoms with Crippen LogP contribution >= 0.6 is 11.3 Å². The molecule has 2 saturated heterocycles. The van der Waals surface area contributed by atoms with Crippen molar-refractivity contribution in [2.45, 2.75) is 25.8 Å². The van der Waals surface area contributed by atoms with Crippen molar-refractivity contribution in [1.29, 1.82) is 0 Å². The molecule has 0 bridgehead atoms. The molecular weight excluding hydrogens is 344 g/mol. The molecule has 5 heteroatoms. The van der Waals surface area contributed by atoms with Crippen LogP contribution in [0.2, 0.25) is 0 Å². The number of rotatable bonds is 4. The summed E-state index contributed by atoms with van der Waals surface area (Å²) in [6.45, 7) is 5.03. The molecule has 0 atom stereocenters. The van der Waals surface area contributed by atoms with Gasteiger partial charge in [0.2, 0.25) is 0 Å². The first kappa shape index (κ1) is 17.6. The van der Waals surface area contributed by atoms with Crippen molar-refractivity contribution >= 4 is 17.2 Å². The fourth-order valence-electron chi connectivity index (χ4n) is 4.29. The SMILES string of the molecule is COc1cccc(CN2CCC3(CC2)CCN(C(=O)c2cccs2)C3)c1. The van der Waals surface area contributed by atoms with Gasteiger partial charge in [-0.2, -0.15) is 0 Å². The van der Waals surface area contributed by atoms with Gasteiger partial charge in [-0.3, -0.25) is 9.69 Å². The third kappa shape index (κ3) is 3.64. The second-order valence-corrected chi connectivity index (χ2v) is 8.53. The number of hydrogen-bond donors (Lipinski definition) is 0. The van der Waals surface area contributed by atoms with E-state index < -0.39 is 0 Å². The fourth-order valence-corrected chi connectivity index (χ4v) is 4.98. The summed E-state index contributed by atoms with van der Waals surface area (Å²) < 4.78 is 5.33. The zero-order chi connectivity index (χ0) is 18.0. The molecule has 4 nitrogen and oxygen atoms in total. The molecule has 1 aromatic carbocycles. The summed E-state index contributed by atoms with van der Waals surface area (Å²) in [5.74, 6) is 1.14. The molecule has 4 rings (SSSR count). The number of nitrogens with zero attached hydrogens (tertiary/aromatic N) is 2. The van der Waals surface area contributed by atoms with Gasteiger partial charge in [0.1, 0.15) is 5.75 Å². The number of carbonyl (C=O) groups is 1. The van der Waals surface area contributed by atoms with E-state index in [0.717, 1.165) is 49.8 Å². The summed E-state index contributed by atoms with van der Waals surface area (Å²) in [7, 11) is 1.72. The second kappa shape index (κ2) is 7.41. The highest BCUT2D eigenvalue weighted by Gasteiger charge is 2.42. The number of thiophene rings is 1. The molecule has 1 aromatic heterocycles. The lowest BCUT2D eigenvalue weighted by Gasteiger charge is -2.39. The molecule has 0 saturated carbocycles. The zero-order valence-electron chi connectivity index (χ0n) is 15.3. The van der Waals surface area contributed by atoms with E-state index in [1.54, 1.807) is 18.4 Å². The molecule has 138 valence electrons. The van der Waals surface area contributed by atoms with Gasteiger partial charge in [0.15, 0.2) is 0 Å². The Morgan fingerprint density at radius 1 is 1.15 bits per heavy atom. The molecule has 1 spiro atoms. The van der Waals surface area contributed by atoms with Gasteiger partial charge in [0, 0.05) is 19.6 Å². The van der Waals surface area contributed by atoms with Crippen LogP contribution in [-0.2, 0) is 6.54 Å². The first-order valence-electron chi connectivity index (χ1n) is 9.36. The van der Waals surface area contributed by atoms with E-state index in [0.29, 0.717) is 5.41 Å². The van der Waals surface area contributed by atoms with E-state index >= 15 is 0 Å². The van der Waals surface area contributed by atoms with E-state index in [2.05, 4.69) is 28.0 Å². The quantitative estimate of drug-likeness (QED) is 0.819. The van der Waals surface area contributed by atoms with Gasteiger partial charge in [0.25, 0.3) is 5.91 Å². The van der Waals surface area contributed by atoms with Crippen LogP contribution in [0.15, 0.2) is 41.8 Å². The van der Waals surface area contributed by atoms with Gasteiger partial charge in [-0.05, 0) is 66.9 Å². The number of likely N-dealkylation sites (tertiary alicyclic amines) is 2. The largest absolute Gasteiger partial charge is 0.497 e. The maximum atomic E-state index is 12.6. The Bertz CT molecular complexity index is 751. The number of hydrogen-bond acceptors (Lipinski definition) is 4. The molecule has 0 radical (unpaired) electrons. The van der Waals surface area contributed by atoms with Gasteiger partial charge in [0.05, 0.1) is 12.0 Å². The van der Waals surface area contributed by atoms with Gasteiger partial charge >= 0.3 is 0 Å². The molecule has 3 heterocycles. The van der Waals surface area contributed by atoms with Gasteiger partial charge in [-0.1, -0.05) is 18.2 Å². The van der Waals surface area contributed by atoms with Crippen LogP contribution in [0.3, 0.4) is 0 Å². The van der Waals surface area contributed by atoms with Crippen molar-refractivity contribution in [3.05, 3.63) is 52.2 Å². The highest BCUT2D eigenvalue weighted by molar-refractivity contribution is 7.12. The highest BCUT2D eigenvalue weighted by atomic mass is 32.1. The lowest BCUT2D eigenvalue weighted by molar-refractivity contribution is 0.0718. The van der Waals surface area contributed by atoms with E-state index in [4.69, 9.17) is 4.74 Å². The van der Waals surface area contributed by atoms with Crippen molar-refractivity contribution < 1.29 is 9.53 Å². The smallest absolute Gasteiger partial charge is 0.263 e. The lowest BCUT2D eigenvalue weighted by Crippen LogP contribution is -2.41. The van der Waals surface area contributed by atoms with Gasteiger partial charge in [-0.25, -0.2) is 0 Å². The second-order valence-electron chi connectivity index (χ2n) is 7.58. The summed E-state index contributed by atoms with van der Waals surface area (Å²) in [5, 5.41) is 1.98. The van der Waals surface area contributed by atoms with Crippen molar-refractivity contribution in [2.24, 2.45) is 5.41 Å². The average molecular weight is 371 g/mol. The summed E-state index contributed by atoms with van der Waals surface area (Å²) >= 11 is 1.55. The van der Waals surface area contributed by atoms with E-state index in [9.17, 15) is 4.79 Å². The molecule has 26 heavy (non-hydrogen) atoms. The number of methoxy groups -OCH3 is 1. The van der Waals surface area contributed by atoms with Gasteiger partial charge in [-0.15, -0.1) is 11.3 Å². The van der Waals surface area contributed by atoms with E-state index in [1.807, 2.05) is 23.6 Å². The van der Waals surface area contributed by atoms with Crippen LogP contribution in [0, 0.1) is 5.41 Å². The first-order valence-corrected chi connectivity index (χ1v) is 10.2. The molecule has 0 aliphatic carbocycles. The molecule has 0 unspecified atom stereocenters. The Hall–Kier alpha value is -1.85. The summed E-state index contributed by atoms with van der Waals surface area (Å²) in [6.07, 6.45) is 3.52. The minimum atomic E-state index is 0.218. The minimum absolute atomic E-state index is 0.218. The van der Waals surface area contributed by atoms with Crippen molar-refractivity contribution in [3.8, 4) is 5.75 Å². The summed E-state index contributed by atoms with van der Waals surface area (Å²) in [4.78, 5) is 18.1. The van der Waals surface area contributed by atoms with Crippen LogP contribution in [0.5, 0.6) is 5.75 Å². The molecule has 2 aliphatic heterocycles. The Kier molecular flexibility index (Phi) is 5.00. The van der Waals surface area contributed by atoms with Gasteiger partial charge < -0.3 is 9.64 Å².